The number of hydrogen-bond acceptors (Lipinski definition) is 4. The smallest absolute Gasteiger partial charge is 0.287 e. The summed E-state index contributed by atoms with van der Waals surface area (Å²) < 4.78 is 6.64. The van der Waals surface area contributed by atoms with Crippen LogP contribution in [0.5, 0.6) is 0 Å². The molecule has 0 spiro atoms. The number of ether oxygens (including phenoxy) is 1. The van der Waals surface area contributed by atoms with Crippen molar-refractivity contribution in [3.05, 3.63) is 71.8 Å². The summed E-state index contributed by atoms with van der Waals surface area (Å²) in [6.45, 7) is 1.51. The van der Waals surface area contributed by atoms with Crippen LogP contribution in [0.4, 0.5) is 0 Å². The lowest BCUT2D eigenvalue weighted by Gasteiger charge is -2.16. The Bertz CT molecular complexity index is 953. The van der Waals surface area contributed by atoms with Crippen LogP contribution in [0.3, 0.4) is 0 Å². The summed E-state index contributed by atoms with van der Waals surface area (Å²) in [5, 5.41) is 2.82. The molecule has 3 rings (SSSR count). The number of hydrogen-bond donors (Lipinski definition) is 1. The van der Waals surface area contributed by atoms with Crippen LogP contribution in [0.2, 0.25) is 0 Å². The van der Waals surface area contributed by atoms with E-state index in [4.69, 9.17) is 4.74 Å². The first-order valence-corrected chi connectivity index (χ1v) is 9.15. The Morgan fingerprint density at radius 2 is 1.89 bits per heavy atom. The first-order chi connectivity index (χ1) is 13.6. The molecule has 3 aromatic rings. The Morgan fingerprint density at radius 1 is 1.14 bits per heavy atom. The van der Waals surface area contributed by atoms with Gasteiger partial charge in [0.15, 0.2) is 5.69 Å². The summed E-state index contributed by atoms with van der Waals surface area (Å²) in [4.78, 5) is 31.5. The van der Waals surface area contributed by atoms with Crippen molar-refractivity contribution in [2.24, 2.45) is 0 Å². The van der Waals surface area contributed by atoms with Crippen molar-refractivity contribution in [2.75, 3.05) is 27.3 Å². The summed E-state index contributed by atoms with van der Waals surface area (Å²) in [5.74, 6) is -0.350. The molecule has 0 radical (unpaired) electrons. The standard InChI is InChI=1S/C21H24N4O3/c1-24(15-16-9-4-3-5-10-16)21(27)18-17-11-6-7-13-25(17)19(23-18)20(26)22-12-8-14-28-2/h3-7,9-11,13H,8,12,14-15H2,1-2H3,(H,22,26). The normalized spacial score (nSPS) is 10.8. The lowest BCUT2D eigenvalue weighted by molar-refractivity contribution is 0.0782. The van der Waals surface area contributed by atoms with Gasteiger partial charge in [-0.05, 0) is 24.1 Å². The summed E-state index contributed by atoms with van der Waals surface area (Å²) in [7, 11) is 3.35. The highest BCUT2D eigenvalue weighted by atomic mass is 16.5. The number of carbonyl (C=O) groups is 2. The molecule has 0 fully saturated rings. The molecule has 0 bridgehead atoms. The maximum atomic E-state index is 13.0. The second kappa shape index (κ2) is 9.14. The van der Waals surface area contributed by atoms with Gasteiger partial charge in [0, 0.05) is 40.1 Å². The van der Waals surface area contributed by atoms with Gasteiger partial charge in [0.2, 0.25) is 5.82 Å². The maximum absolute atomic E-state index is 13.0. The molecule has 2 aromatic heterocycles. The summed E-state index contributed by atoms with van der Waals surface area (Å²) in [6, 6.07) is 15.2. The molecule has 0 aliphatic carbocycles. The number of methoxy groups -OCH3 is 1. The van der Waals surface area contributed by atoms with E-state index in [0.717, 1.165) is 5.56 Å². The zero-order chi connectivity index (χ0) is 19.9. The first kappa shape index (κ1) is 19.6. The van der Waals surface area contributed by atoms with E-state index in [1.807, 2.05) is 36.4 Å². The number of fused-ring (bicyclic) bond motifs is 1. The van der Waals surface area contributed by atoms with Gasteiger partial charge in [0.25, 0.3) is 11.8 Å². The van der Waals surface area contributed by atoms with E-state index >= 15 is 0 Å². The van der Waals surface area contributed by atoms with Gasteiger partial charge in [-0.1, -0.05) is 36.4 Å². The Labute approximate surface area is 163 Å². The van der Waals surface area contributed by atoms with Gasteiger partial charge in [-0.25, -0.2) is 4.98 Å². The molecule has 7 heteroatoms. The third-order valence-corrected chi connectivity index (χ3v) is 4.37. The van der Waals surface area contributed by atoms with Crippen LogP contribution >= 0.6 is 0 Å². The predicted molar refractivity (Wildman–Crippen MR) is 106 cm³/mol. The van der Waals surface area contributed by atoms with E-state index < -0.39 is 0 Å². The van der Waals surface area contributed by atoms with Gasteiger partial charge in [0.05, 0.1) is 5.52 Å². The molecule has 0 saturated carbocycles. The zero-order valence-corrected chi connectivity index (χ0v) is 16.1. The molecular formula is C21H24N4O3. The molecule has 28 heavy (non-hydrogen) atoms. The molecule has 1 aromatic carbocycles. The van der Waals surface area contributed by atoms with Gasteiger partial charge in [-0.2, -0.15) is 0 Å². The Kier molecular flexibility index (Phi) is 6.39. The number of carbonyl (C=O) groups excluding carboxylic acids is 2. The minimum Gasteiger partial charge on any atom is -0.385 e. The Balaban J connectivity index is 1.83. The molecule has 2 amide bonds. The van der Waals surface area contributed by atoms with Crippen LogP contribution in [-0.2, 0) is 11.3 Å². The number of benzene rings is 1. The minimum absolute atomic E-state index is 0.199. The largest absolute Gasteiger partial charge is 0.385 e. The van der Waals surface area contributed by atoms with Crippen molar-refractivity contribution in [1.82, 2.24) is 19.6 Å². The first-order valence-electron chi connectivity index (χ1n) is 9.15. The van der Waals surface area contributed by atoms with Gasteiger partial charge < -0.3 is 15.0 Å². The van der Waals surface area contributed by atoms with E-state index in [2.05, 4.69) is 10.3 Å². The Morgan fingerprint density at radius 3 is 2.64 bits per heavy atom. The van der Waals surface area contributed by atoms with Gasteiger partial charge in [-0.15, -0.1) is 0 Å². The molecule has 0 unspecified atom stereocenters. The number of amides is 2. The average Bonchev–Trinajstić information content (AvgIpc) is 3.11. The topological polar surface area (TPSA) is 75.9 Å². The van der Waals surface area contributed by atoms with Crippen LogP contribution in [-0.4, -0.2) is 53.4 Å². The van der Waals surface area contributed by atoms with Crippen molar-refractivity contribution >= 4 is 17.3 Å². The van der Waals surface area contributed by atoms with E-state index in [1.165, 1.54) is 0 Å². The van der Waals surface area contributed by atoms with Crippen molar-refractivity contribution in [3.63, 3.8) is 0 Å². The second-order valence-electron chi connectivity index (χ2n) is 6.49. The van der Waals surface area contributed by atoms with Crippen molar-refractivity contribution in [1.29, 1.82) is 0 Å². The van der Waals surface area contributed by atoms with Crippen LogP contribution in [0.15, 0.2) is 54.7 Å². The summed E-state index contributed by atoms with van der Waals surface area (Å²) in [6.07, 6.45) is 2.44. The van der Waals surface area contributed by atoms with Gasteiger partial charge in [-0.3, -0.25) is 14.0 Å². The van der Waals surface area contributed by atoms with Gasteiger partial charge >= 0.3 is 0 Å². The van der Waals surface area contributed by atoms with Gasteiger partial charge in [0.1, 0.15) is 0 Å². The fourth-order valence-corrected chi connectivity index (χ4v) is 2.96. The molecular weight excluding hydrogens is 356 g/mol. The fraction of sp³-hybridized carbons (Fsp3) is 0.286. The quantitative estimate of drug-likeness (QED) is 0.609. The minimum atomic E-state index is -0.318. The van der Waals surface area contributed by atoms with E-state index in [9.17, 15) is 9.59 Å². The molecule has 0 atom stereocenters. The second-order valence-corrected chi connectivity index (χ2v) is 6.49. The van der Waals surface area contributed by atoms with E-state index in [1.54, 1.807) is 41.8 Å². The highest BCUT2D eigenvalue weighted by molar-refractivity contribution is 6.02. The van der Waals surface area contributed by atoms with Crippen molar-refractivity contribution in [2.45, 2.75) is 13.0 Å². The van der Waals surface area contributed by atoms with Crippen molar-refractivity contribution in [3.8, 4) is 0 Å². The molecule has 146 valence electrons. The number of pyridine rings is 1. The maximum Gasteiger partial charge on any atom is 0.287 e. The molecule has 2 heterocycles. The fourth-order valence-electron chi connectivity index (χ4n) is 2.96. The molecule has 1 N–H and O–H groups in total. The zero-order valence-electron chi connectivity index (χ0n) is 16.1. The van der Waals surface area contributed by atoms with Crippen molar-refractivity contribution < 1.29 is 14.3 Å². The third-order valence-electron chi connectivity index (χ3n) is 4.37. The molecule has 0 saturated heterocycles. The number of nitrogens with one attached hydrogen (secondary N) is 1. The Hall–Kier alpha value is -3.19. The van der Waals surface area contributed by atoms with Crippen LogP contribution in [0, 0.1) is 0 Å². The molecule has 0 aliphatic heterocycles. The summed E-state index contributed by atoms with van der Waals surface area (Å²) in [5.41, 5.74) is 1.90. The van der Waals surface area contributed by atoms with Crippen LogP contribution in [0.1, 0.15) is 33.1 Å². The van der Waals surface area contributed by atoms with E-state index in [0.29, 0.717) is 31.6 Å². The number of nitrogens with zero attached hydrogens (tertiary/aromatic N) is 3. The number of imidazole rings is 1. The monoisotopic (exact) mass is 380 g/mol. The van der Waals surface area contributed by atoms with Crippen LogP contribution < -0.4 is 5.32 Å². The molecule has 0 aliphatic rings. The van der Waals surface area contributed by atoms with E-state index in [-0.39, 0.29) is 23.3 Å². The van der Waals surface area contributed by atoms with Crippen LogP contribution in [0.25, 0.3) is 5.52 Å². The summed E-state index contributed by atoms with van der Waals surface area (Å²) >= 11 is 0. The SMILES string of the molecule is COCCCNC(=O)c1nc(C(=O)N(C)Cc2ccccc2)c2ccccn12. The number of rotatable bonds is 8. The lowest BCUT2D eigenvalue weighted by atomic mass is 10.2. The third kappa shape index (κ3) is 4.37. The average molecular weight is 380 g/mol. The highest BCUT2D eigenvalue weighted by Crippen LogP contribution is 2.16. The molecule has 7 nitrogen and oxygen atoms in total. The highest BCUT2D eigenvalue weighted by Gasteiger charge is 2.23. The number of aromatic nitrogens is 2. The predicted octanol–water partition coefficient (Wildman–Crippen LogP) is 2.37. The lowest BCUT2D eigenvalue weighted by Crippen LogP contribution is -2.28.